The van der Waals surface area contributed by atoms with Crippen molar-refractivity contribution in [3.05, 3.63) is 88.5 Å². The zero-order chi connectivity index (χ0) is 19.7. The van der Waals surface area contributed by atoms with E-state index in [1.807, 2.05) is 49.4 Å². The highest BCUT2D eigenvalue weighted by atomic mass is 16.5. The summed E-state index contributed by atoms with van der Waals surface area (Å²) in [4.78, 5) is 25.2. The summed E-state index contributed by atoms with van der Waals surface area (Å²) in [7, 11) is 1.65. The molecular formula is C24H21NO3. The fraction of sp³-hybridized carbons (Fsp3) is 0.167. The van der Waals surface area contributed by atoms with Crippen LogP contribution in [0.2, 0.25) is 0 Å². The third kappa shape index (κ3) is 3.18. The molecular weight excluding hydrogens is 350 g/mol. The molecule has 4 nitrogen and oxygen atoms in total. The van der Waals surface area contributed by atoms with Crippen LogP contribution in [0.4, 0.5) is 0 Å². The van der Waals surface area contributed by atoms with Gasteiger partial charge in [0, 0.05) is 23.2 Å². The summed E-state index contributed by atoms with van der Waals surface area (Å²) in [6.45, 7) is 2.52. The number of nitrogens with one attached hydrogen (secondary N) is 1. The number of hydrogen-bond donors (Lipinski definition) is 1. The van der Waals surface area contributed by atoms with Crippen LogP contribution < -0.4 is 10.1 Å². The molecule has 0 bridgehead atoms. The van der Waals surface area contributed by atoms with Crippen molar-refractivity contribution in [1.82, 2.24) is 5.32 Å². The molecule has 0 aliphatic heterocycles. The standard InChI is InChI=1S/C24H21NO3/c1-15-7-10-22(28-2)16(13-15)11-12-25-24(27)17-8-9-19-18-5-3-4-6-20(18)23(26)21(19)14-17/h3-10,13-14H,11-12H2,1-2H3,(H,25,27). The lowest BCUT2D eigenvalue weighted by Crippen LogP contribution is -2.26. The first-order valence-electron chi connectivity index (χ1n) is 9.28. The largest absolute Gasteiger partial charge is 0.496 e. The molecule has 140 valence electrons. The van der Waals surface area contributed by atoms with Gasteiger partial charge in [0.15, 0.2) is 5.78 Å². The molecule has 4 rings (SSSR count). The SMILES string of the molecule is COc1ccc(C)cc1CCNC(=O)c1ccc2c(c1)C(=O)c1ccccc1-2. The predicted molar refractivity (Wildman–Crippen MR) is 109 cm³/mol. The highest BCUT2D eigenvalue weighted by Crippen LogP contribution is 2.36. The number of fused-ring (bicyclic) bond motifs is 3. The zero-order valence-electron chi connectivity index (χ0n) is 15.9. The molecule has 0 spiro atoms. The van der Waals surface area contributed by atoms with Gasteiger partial charge in [0.1, 0.15) is 5.75 Å². The Morgan fingerprint density at radius 2 is 1.68 bits per heavy atom. The average Bonchev–Trinajstić information content (AvgIpc) is 3.00. The van der Waals surface area contributed by atoms with Gasteiger partial charge in [-0.1, -0.05) is 48.0 Å². The number of ketones is 1. The van der Waals surface area contributed by atoms with E-state index < -0.39 is 0 Å². The summed E-state index contributed by atoms with van der Waals surface area (Å²) in [6, 6.07) is 18.9. The van der Waals surface area contributed by atoms with Crippen LogP contribution >= 0.6 is 0 Å². The molecule has 0 aromatic heterocycles. The van der Waals surface area contributed by atoms with Crippen LogP contribution in [0.5, 0.6) is 5.75 Å². The molecule has 0 heterocycles. The average molecular weight is 371 g/mol. The van der Waals surface area contributed by atoms with E-state index in [-0.39, 0.29) is 11.7 Å². The minimum atomic E-state index is -0.182. The second-order valence-corrected chi connectivity index (χ2v) is 6.96. The molecule has 0 unspecified atom stereocenters. The number of amides is 1. The fourth-order valence-corrected chi connectivity index (χ4v) is 3.68. The Hall–Kier alpha value is -3.40. The van der Waals surface area contributed by atoms with E-state index in [4.69, 9.17) is 4.74 Å². The van der Waals surface area contributed by atoms with Crippen molar-refractivity contribution in [3.63, 3.8) is 0 Å². The van der Waals surface area contributed by atoms with E-state index in [1.54, 1.807) is 19.2 Å². The molecule has 28 heavy (non-hydrogen) atoms. The van der Waals surface area contributed by atoms with Crippen LogP contribution in [0.1, 0.15) is 37.4 Å². The lowest BCUT2D eigenvalue weighted by molar-refractivity contribution is 0.0954. The molecule has 4 heteroatoms. The number of carbonyl (C=O) groups excluding carboxylic acids is 2. The molecule has 1 aliphatic rings. The maximum Gasteiger partial charge on any atom is 0.251 e. The zero-order valence-corrected chi connectivity index (χ0v) is 15.9. The topological polar surface area (TPSA) is 55.4 Å². The van der Waals surface area contributed by atoms with Crippen molar-refractivity contribution in [2.45, 2.75) is 13.3 Å². The van der Waals surface area contributed by atoms with Gasteiger partial charge in [-0.25, -0.2) is 0 Å². The van der Waals surface area contributed by atoms with Crippen LogP contribution in [-0.4, -0.2) is 25.3 Å². The minimum Gasteiger partial charge on any atom is -0.496 e. The van der Waals surface area contributed by atoms with E-state index in [9.17, 15) is 9.59 Å². The van der Waals surface area contributed by atoms with Crippen molar-refractivity contribution >= 4 is 11.7 Å². The van der Waals surface area contributed by atoms with Crippen LogP contribution in [-0.2, 0) is 6.42 Å². The lowest BCUT2D eigenvalue weighted by atomic mass is 10.0. The molecule has 0 saturated heterocycles. The van der Waals surface area contributed by atoms with Crippen LogP contribution in [0, 0.1) is 6.92 Å². The van der Waals surface area contributed by atoms with Gasteiger partial charge < -0.3 is 10.1 Å². The lowest BCUT2D eigenvalue weighted by Gasteiger charge is -2.11. The van der Waals surface area contributed by atoms with Crippen molar-refractivity contribution in [2.24, 2.45) is 0 Å². The Bertz CT molecular complexity index is 1080. The van der Waals surface area contributed by atoms with Crippen molar-refractivity contribution in [2.75, 3.05) is 13.7 Å². The first kappa shape index (κ1) is 18.0. The molecule has 0 saturated carbocycles. The quantitative estimate of drug-likeness (QED) is 0.572. The smallest absolute Gasteiger partial charge is 0.251 e. The van der Waals surface area contributed by atoms with E-state index in [0.717, 1.165) is 28.0 Å². The second kappa shape index (κ2) is 7.31. The van der Waals surface area contributed by atoms with Crippen molar-refractivity contribution in [1.29, 1.82) is 0 Å². The van der Waals surface area contributed by atoms with E-state index >= 15 is 0 Å². The van der Waals surface area contributed by atoms with Gasteiger partial charge in [0.2, 0.25) is 0 Å². The molecule has 0 atom stereocenters. The Balaban J connectivity index is 1.47. The van der Waals surface area contributed by atoms with Gasteiger partial charge in [-0.2, -0.15) is 0 Å². The summed E-state index contributed by atoms with van der Waals surface area (Å²) in [5.41, 5.74) is 5.82. The second-order valence-electron chi connectivity index (χ2n) is 6.96. The number of benzene rings is 3. The van der Waals surface area contributed by atoms with Gasteiger partial charge in [-0.3, -0.25) is 9.59 Å². The first-order valence-corrected chi connectivity index (χ1v) is 9.28. The molecule has 1 amide bonds. The Morgan fingerprint density at radius 1 is 0.929 bits per heavy atom. The van der Waals surface area contributed by atoms with E-state index in [0.29, 0.717) is 29.7 Å². The summed E-state index contributed by atoms with van der Waals surface area (Å²) >= 11 is 0. The van der Waals surface area contributed by atoms with E-state index in [1.165, 1.54) is 0 Å². The number of carbonyl (C=O) groups is 2. The Kier molecular flexibility index (Phi) is 4.70. The summed E-state index contributed by atoms with van der Waals surface area (Å²) in [5.74, 6) is 0.615. The maximum absolute atomic E-state index is 12.6. The number of hydrogen-bond acceptors (Lipinski definition) is 3. The summed E-state index contributed by atoms with van der Waals surface area (Å²) in [6.07, 6.45) is 0.673. The number of methoxy groups -OCH3 is 1. The molecule has 1 aliphatic carbocycles. The number of ether oxygens (including phenoxy) is 1. The molecule has 0 fully saturated rings. The van der Waals surface area contributed by atoms with Gasteiger partial charge in [0.05, 0.1) is 7.11 Å². The molecule has 0 radical (unpaired) electrons. The van der Waals surface area contributed by atoms with Gasteiger partial charge in [-0.15, -0.1) is 0 Å². The summed E-state index contributed by atoms with van der Waals surface area (Å²) in [5, 5.41) is 2.94. The summed E-state index contributed by atoms with van der Waals surface area (Å²) < 4.78 is 5.39. The van der Waals surface area contributed by atoms with Crippen LogP contribution in [0.15, 0.2) is 60.7 Å². The monoisotopic (exact) mass is 371 g/mol. The number of aryl methyl sites for hydroxylation is 1. The number of rotatable bonds is 5. The normalized spacial score (nSPS) is 11.7. The molecule has 1 N–H and O–H groups in total. The highest BCUT2D eigenvalue weighted by Gasteiger charge is 2.26. The van der Waals surface area contributed by atoms with Crippen LogP contribution in [0.3, 0.4) is 0 Å². The van der Waals surface area contributed by atoms with Crippen LogP contribution in [0.25, 0.3) is 11.1 Å². The molecule has 3 aromatic carbocycles. The third-order valence-corrected chi connectivity index (χ3v) is 5.10. The highest BCUT2D eigenvalue weighted by molar-refractivity contribution is 6.22. The minimum absolute atomic E-state index is 0.0234. The third-order valence-electron chi connectivity index (χ3n) is 5.10. The Labute approximate surface area is 164 Å². The predicted octanol–water partition coefficient (Wildman–Crippen LogP) is 4.19. The van der Waals surface area contributed by atoms with Gasteiger partial charge >= 0.3 is 0 Å². The van der Waals surface area contributed by atoms with Crippen molar-refractivity contribution in [3.8, 4) is 16.9 Å². The fourth-order valence-electron chi connectivity index (χ4n) is 3.68. The van der Waals surface area contributed by atoms with Crippen molar-refractivity contribution < 1.29 is 14.3 Å². The Morgan fingerprint density at radius 3 is 2.46 bits per heavy atom. The molecule has 3 aromatic rings. The first-order chi connectivity index (χ1) is 13.6. The van der Waals surface area contributed by atoms with Gasteiger partial charge in [0.25, 0.3) is 5.91 Å². The maximum atomic E-state index is 12.6. The van der Waals surface area contributed by atoms with E-state index in [2.05, 4.69) is 11.4 Å². The van der Waals surface area contributed by atoms with Gasteiger partial charge in [-0.05, 0) is 48.2 Å².